The van der Waals surface area contributed by atoms with Crippen LogP contribution in [-0.2, 0) is 4.79 Å². The number of nitro benzene ring substituents is 1. The van der Waals surface area contributed by atoms with Crippen LogP contribution < -0.4 is 10.7 Å². The molecule has 10 heteroatoms. The smallest absolute Gasteiger partial charge is 0.312 e. The summed E-state index contributed by atoms with van der Waals surface area (Å²) in [5.41, 5.74) is 2.66. The van der Waals surface area contributed by atoms with Gasteiger partial charge in [-0.05, 0) is 29.8 Å². The second-order valence-electron chi connectivity index (χ2n) is 6.99. The highest BCUT2D eigenvalue weighted by molar-refractivity contribution is 6.31. The normalized spacial score (nSPS) is 11.5. The zero-order valence-corrected chi connectivity index (χ0v) is 18.8. The monoisotopic (exact) mass is 490 g/mol. The first-order chi connectivity index (χ1) is 16.8. The van der Waals surface area contributed by atoms with Gasteiger partial charge in [0.15, 0.2) is 0 Å². The van der Waals surface area contributed by atoms with Gasteiger partial charge in [0.25, 0.3) is 11.8 Å². The van der Waals surface area contributed by atoms with Crippen LogP contribution in [0.15, 0.2) is 95.7 Å². The lowest BCUT2D eigenvalue weighted by Gasteiger charge is -2.08. The summed E-state index contributed by atoms with van der Waals surface area (Å²) >= 11 is 5.85. The van der Waals surface area contributed by atoms with Gasteiger partial charge in [0.1, 0.15) is 5.70 Å². The Morgan fingerprint density at radius 3 is 2.34 bits per heavy atom. The van der Waals surface area contributed by atoms with E-state index in [1.807, 2.05) is 30.3 Å². The molecule has 0 spiro atoms. The van der Waals surface area contributed by atoms with Crippen LogP contribution in [0.3, 0.4) is 0 Å². The van der Waals surface area contributed by atoms with Crippen molar-refractivity contribution in [2.45, 2.75) is 0 Å². The number of aromatic hydroxyl groups is 1. The highest BCUT2D eigenvalue weighted by atomic mass is 35.5. The van der Waals surface area contributed by atoms with E-state index in [0.717, 1.165) is 17.8 Å². The fraction of sp³-hybridized carbons (Fsp3) is 0. The van der Waals surface area contributed by atoms with Crippen LogP contribution in [0.25, 0.3) is 6.08 Å². The fourth-order valence-electron chi connectivity index (χ4n) is 2.84. The number of nitrogens with zero attached hydrogens (tertiary/aromatic N) is 2. The lowest BCUT2D eigenvalue weighted by Crippen LogP contribution is -2.32. The van der Waals surface area contributed by atoms with Crippen molar-refractivity contribution < 1.29 is 19.6 Å². The molecule has 0 aliphatic carbocycles. The van der Waals surface area contributed by atoms with E-state index < -0.39 is 28.2 Å². The molecule has 2 amide bonds. The molecule has 0 unspecified atom stereocenters. The second kappa shape index (κ2) is 11.9. The summed E-state index contributed by atoms with van der Waals surface area (Å²) in [7, 11) is 0. The van der Waals surface area contributed by atoms with Crippen molar-refractivity contribution in [2.75, 3.05) is 0 Å². The minimum Gasteiger partial charge on any atom is -0.502 e. The molecule has 35 heavy (non-hydrogen) atoms. The number of hydrogen-bond donors (Lipinski definition) is 3. The van der Waals surface area contributed by atoms with Crippen LogP contribution in [0, 0.1) is 10.1 Å². The van der Waals surface area contributed by atoms with Crippen molar-refractivity contribution in [3.8, 4) is 5.75 Å². The van der Waals surface area contributed by atoms with Crippen LogP contribution in [0.5, 0.6) is 5.75 Å². The molecule has 0 fully saturated rings. The van der Waals surface area contributed by atoms with Gasteiger partial charge < -0.3 is 10.4 Å². The minimum absolute atomic E-state index is 0.00374. The quantitative estimate of drug-likeness (QED) is 0.141. The van der Waals surface area contributed by atoms with Crippen LogP contribution in [0.2, 0.25) is 5.02 Å². The van der Waals surface area contributed by atoms with Crippen LogP contribution in [0.1, 0.15) is 21.5 Å². The van der Waals surface area contributed by atoms with Crippen molar-refractivity contribution in [3.63, 3.8) is 0 Å². The molecule has 0 heterocycles. The van der Waals surface area contributed by atoms with Gasteiger partial charge in [0.05, 0.1) is 11.1 Å². The second-order valence-corrected chi connectivity index (χ2v) is 7.43. The number of phenolic OH excluding ortho intramolecular Hbond substituents is 1. The number of carbonyl (C=O) groups excluding carboxylic acids is 2. The summed E-state index contributed by atoms with van der Waals surface area (Å²) in [6, 6.07) is 19.9. The molecular weight excluding hydrogens is 472 g/mol. The third kappa shape index (κ3) is 7.11. The van der Waals surface area contributed by atoms with E-state index in [9.17, 15) is 24.8 Å². The topological polar surface area (TPSA) is 134 Å². The molecule has 0 saturated heterocycles. The van der Waals surface area contributed by atoms with E-state index in [-0.39, 0.29) is 16.3 Å². The van der Waals surface area contributed by atoms with Gasteiger partial charge in [-0.1, -0.05) is 72.3 Å². The first-order valence-electron chi connectivity index (χ1n) is 10.2. The lowest BCUT2D eigenvalue weighted by atomic mass is 10.2. The van der Waals surface area contributed by atoms with Crippen molar-refractivity contribution in [1.29, 1.82) is 0 Å². The number of carbonyl (C=O) groups is 2. The molecule has 3 rings (SSSR count). The van der Waals surface area contributed by atoms with E-state index in [2.05, 4.69) is 15.8 Å². The molecule has 3 N–H and O–H groups in total. The Morgan fingerprint density at radius 1 is 1.03 bits per heavy atom. The van der Waals surface area contributed by atoms with E-state index in [1.165, 1.54) is 12.1 Å². The lowest BCUT2D eigenvalue weighted by molar-refractivity contribution is -0.385. The third-order valence-corrected chi connectivity index (χ3v) is 4.75. The average Bonchev–Trinajstić information content (AvgIpc) is 2.86. The van der Waals surface area contributed by atoms with Crippen molar-refractivity contribution in [3.05, 3.63) is 122 Å². The van der Waals surface area contributed by atoms with E-state index >= 15 is 0 Å². The molecule has 9 nitrogen and oxygen atoms in total. The standard InChI is InChI=1S/C25H19ClN4O5/c26-20-14-19(23(31)22(15-20)30(34)35)16-27-29-25(33)21(13-7-10-17-8-3-1-4-9-17)28-24(32)18-11-5-2-6-12-18/h1-16,31H,(H,28,32)(H,29,33). The molecule has 0 atom stereocenters. The molecule has 0 aliphatic rings. The molecule has 3 aromatic rings. The Hall–Kier alpha value is -4.76. The Labute approximate surface area is 205 Å². The zero-order chi connectivity index (χ0) is 25.2. The van der Waals surface area contributed by atoms with Crippen molar-refractivity contribution in [2.24, 2.45) is 5.10 Å². The van der Waals surface area contributed by atoms with E-state index in [1.54, 1.807) is 42.5 Å². The maximum Gasteiger partial charge on any atom is 0.312 e. The molecule has 3 aromatic carbocycles. The van der Waals surface area contributed by atoms with Crippen LogP contribution in [0.4, 0.5) is 5.69 Å². The minimum atomic E-state index is -0.795. The highest BCUT2D eigenvalue weighted by Crippen LogP contribution is 2.32. The maximum atomic E-state index is 12.7. The molecule has 0 aliphatic heterocycles. The van der Waals surface area contributed by atoms with Crippen LogP contribution >= 0.6 is 11.6 Å². The highest BCUT2D eigenvalue weighted by Gasteiger charge is 2.18. The number of hydrazone groups is 1. The predicted octanol–water partition coefficient (Wildman–Crippen LogP) is 4.43. The summed E-state index contributed by atoms with van der Waals surface area (Å²) in [6.07, 6.45) is 5.74. The SMILES string of the molecule is O=C(NN=Cc1cc(Cl)cc([N+](=O)[O-])c1O)C(=CC=Cc1ccccc1)NC(=O)c1ccccc1. The first-order valence-corrected chi connectivity index (χ1v) is 10.5. The van der Waals surface area contributed by atoms with Crippen molar-refractivity contribution in [1.82, 2.24) is 10.7 Å². The maximum absolute atomic E-state index is 12.7. The number of nitro groups is 1. The number of halogens is 1. The first kappa shape index (κ1) is 24.9. The molecule has 0 saturated carbocycles. The molecular formula is C25H19ClN4O5. The Balaban J connectivity index is 1.81. The van der Waals surface area contributed by atoms with E-state index in [4.69, 9.17) is 11.6 Å². The number of allylic oxidation sites excluding steroid dienone is 2. The molecule has 0 bridgehead atoms. The van der Waals surface area contributed by atoms with Gasteiger partial charge in [-0.3, -0.25) is 19.7 Å². The Bertz CT molecular complexity index is 1320. The molecule has 0 aromatic heterocycles. The van der Waals surface area contributed by atoms with Gasteiger partial charge in [-0.25, -0.2) is 5.43 Å². The van der Waals surface area contributed by atoms with Gasteiger partial charge in [-0.15, -0.1) is 0 Å². The van der Waals surface area contributed by atoms with Gasteiger partial charge >= 0.3 is 5.69 Å². The Kier molecular flexibility index (Phi) is 8.47. The average molecular weight is 491 g/mol. The van der Waals surface area contributed by atoms with Crippen LogP contribution in [-0.4, -0.2) is 28.1 Å². The van der Waals surface area contributed by atoms with Crippen molar-refractivity contribution >= 4 is 41.4 Å². The molecule has 0 radical (unpaired) electrons. The van der Waals surface area contributed by atoms with Gasteiger partial charge in [0.2, 0.25) is 5.75 Å². The third-order valence-electron chi connectivity index (χ3n) is 4.53. The van der Waals surface area contributed by atoms with Gasteiger partial charge in [0, 0.05) is 22.2 Å². The number of amides is 2. The summed E-state index contributed by atoms with van der Waals surface area (Å²) in [5, 5.41) is 27.4. The summed E-state index contributed by atoms with van der Waals surface area (Å²) in [6.45, 7) is 0. The molecule has 176 valence electrons. The largest absolute Gasteiger partial charge is 0.502 e. The van der Waals surface area contributed by atoms with E-state index in [0.29, 0.717) is 5.56 Å². The fourth-order valence-corrected chi connectivity index (χ4v) is 3.06. The zero-order valence-electron chi connectivity index (χ0n) is 18.1. The number of nitrogens with one attached hydrogen (secondary N) is 2. The number of rotatable bonds is 8. The summed E-state index contributed by atoms with van der Waals surface area (Å²) < 4.78 is 0. The number of hydrogen-bond acceptors (Lipinski definition) is 6. The number of phenols is 1. The summed E-state index contributed by atoms with van der Waals surface area (Å²) in [5.74, 6) is -1.93. The predicted molar refractivity (Wildman–Crippen MR) is 133 cm³/mol. The Morgan fingerprint density at radius 2 is 1.69 bits per heavy atom. The number of benzene rings is 3. The summed E-state index contributed by atoms with van der Waals surface area (Å²) in [4.78, 5) is 35.5. The van der Waals surface area contributed by atoms with Gasteiger partial charge in [-0.2, -0.15) is 5.10 Å².